The van der Waals surface area contributed by atoms with Crippen LogP contribution in [0.5, 0.6) is 5.75 Å². The van der Waals surface area contributed by atoms with Crippen LogP contribution in [0.15, 0.2) is 84.0 Å². The van der Waals surface area contributed by atoms with E-state index in [1.165, 1.54) is 0 Å². The molecule has 34 heavy (non-hydrogen) atoms. The quantitative estimate of drug-likeness (QED) is 0.239. The van der Waals surface area contributed by atoms with Crippen molar-refractivity contribution in [2.75, 3.05) is 6.61 Å². The Balaban J connectivity index is 1.60. The molecule has 0 bridgehead atoms. The molecule has 4 rings (SSSR count). The third kappa shape index (κ3) is 5.43. The number of nitrogens with zero attached hydrogens (tertiary/aromatic N) is 2. The molecule has 0 radical (unpaired) electrons. The predicted octanol–water partition coefficient (Wildman–Crippen LogP) is 6.74. The molecule has 0 spiro atoms. The Morgan fingerprint density at radius 1 is 1.03 bits per heavy atom. The van der Waals surface area contributed by atoms with Gasteiger partial charge in [-0.25, -0.2) is 10.4 Å². The van der Waals surface area contributed by atoms with E-state index in [1.807, 2.05) is 73.7 Å². The van der Waals surface area contributed by atoms with Gasteiger partial charge >= 0.3 is 0 Å². The molecule has 0 saturated heterocycles. The number of carbonyl (C=O) groups is 1. The van der Waals surface area contributed by atoms with Crippen LogP contribution in [0.4, 0.5) is 0 Å². The lowest BCUT2D eigenvalue weighted by molar-refractivity contribution is 0.0956. The first-order valence-corrected chi connectivity index (χ1v) is 11.5. The number of halogens is 1. The van der Waals surface area contributed by atoms with Gasteiger partial charge in [0.25, 0.3) is 5.91 Å². The van der Waals surface area contributed by atoms with E-state index in [1.54, 1.807) is 12.1 Å². The molecule has 0 aliphatic carbocycles. The average Bonchev–Trinajstić information content (AvgIpc) is 2.86. The maximum absolute atomic E-state index is 13.2. The summed E-state index contributed by atoms with van der Waals surface area (Å²) in [7, 11) is 0. The average molecular weight is 472 g/mol. The minimum Gasteiger partial charge on any atom is -0.493 e. The number of pyridine rings is 1. The fourth-order valence-corrected chi connectivity index (χ4v) is 3.69. The molecule has 1 heterocycles. The zero-order valence-corrected chi connectivity index (χ0v) is 20.1. The molecule has 3 aromatic carbocycles. The highest BCUT2D eigenvalue weighted by Gasteiger charge is 2.15. The van der Waals surface area contributed by atoms with E-state index in [4.69, 9.17) is 21.3 Å². The molecule has 1 N–H and O–H groups in total. The van der Waals surface area contributed by atoms with Crippen LogP contribution >= 0.6 is 11.6 Å². The molecule has 0 aliphatic rings. The van der Waals surface area contributed by atoms with Gasteiger partial charge in [0.1, 0.15) is 5.75 Å². The molecule has 6 heteroatoms. The van der Waals surface area contributed by atoms with Crippen molar-refractivity contribution in [3.63, 3.8) is 0 Å². The summed E-state index contributed by atoms with van der Waals surface area (Å²) in [6.07, 6.45) is 0. The van der Waals surface area contributed by atoms with Crippen LogP contribution in [0.3, 0.4) is 0 Å². The van der Waals surface area contributed by atoms with Crippen molar-refractivity contribution < 1.29 is 9.53 Å². The summed E-state index contributed by atoms with van der Waals surface area (Å²) in [6, 6.07) is 24.5. The van der Waals surface area contributed by atoms with E-state index in [0.29, 0.717) is 45.4 Å². The van der Waals surface area contributed by atoms with Crippen molar-refractivity contribution in [1.29, 1.82) is 0 Å². The Hall–Kier alpha value is -3.70. The van der Waals surface area contributed by atoms with E-state index in [0.717, 1.165) is 16.9 Å². The van der Waals surface area contributed by atoms with E-state index >= 15 is 0 Å². The van der Waals surface area contributed by atoms with Gasteiger partial charge in [0.2, 0.25) is 0 Å². The number of rotatable bonds is 7. The second-order valence-electron chi connectivity index (χ2n) is 8.42. The highest BCUT2D eigenvalue weighted by molar-refractivity contribution is 6.35. The van der Waals surface area contributed by atoms with Gasteiger partial charge in [0, 0.05) is 10.9 Å². The number of hydrazone groups is 1. The standard InChI is InChI=1S/C28H26ClN3O2/c1-18(2)17-34-22-14-12-20(13-15-22)19(3)31-32-28(33)24-16-26(21-8-5-4-6-9-21)30-27-23(24)10-7-11-25(27)29/h4-16,18H,17H2,1-3H3,(H,32,33). The normalized spacial score (nSPS) is 11.6. The molecule has 4 aromatic rings. The number of hydrogen-bond acceptors (Lipinski definition) is 4. The number of amides is 1. The van der Waals surface area contributed by atoms with Gasteiger partial charge in [-0.15, -0.1) is 0 Å². The molecule has 0 fully saturated rings. The lowest BCUT2D eigenvalue weighted by atomic mass is 10.0. The molecule has 0 saturated carbocycles. The van der Waals surface area contributed by atoms with Crippen LogP contribution in [0, 0.1) is 5.92 Å². The molecule has 5 nitrogen and oxygen atoms in total. The number of para-hydroxylation sites is 1. The molecular weight excluding hydrogens is 446 g/mol. The lowest BCUT2D eigenvalue weighted by Gasteiger charge is -2.11. The summed E-state index contributed by atoms with van der Waals surface area (Å²) >= 11 is 6.42. The van der Waals surface area contributed by atoms with E-state index in [2.05, 4.69) is 24.4 Å². The van der Waals surface area contributed by atoms with Crippen molar-refractivity contribution in [3.8, 4) is 17.0 Å². The number of ether oxygens (including phenoxy) is 1. The molecule has 1 amide bonds. The summed E-state index contributed by atoms with van der Waals surface area (Å²) in [4.78, 5) is 17.9. The molecular formula is C28H26ClN3O2. The lowest BCUT2D eigenvalue weighted by Crippen LogP contribution is -2.20. The van der Waals surface area contributed by atoms with Crippen LogP contribution in [-0.4, -0.2) is 23.2 Å². The minimum absolute atomic E-state index is 0.330. The first-order valence-electron chi connectivity index (χ1n) is 11.1. The Morgan fingerprint density at radius 3 is 2.47 bits per heavy atom. The monoisotopic (exact) mass is 471 g/mol. The Labute approximate surface area is 204 Å². The third-order valence-electron chi connectivity index (χ3n) is 5.29. The molecule has 1 aromatic heterocycles. The molecule has 0 unspecified atom stereocenters. The number of carbonyl (C=O) groups excluding carboxylic acids is 1. The van der Waals surface area contributed by atoms with E-state index < -0.39 is 0 Å². The summed E-state index contributed by atoms with van der Waals surface area (Å²) in [6.45, 7) is 6.73. The highest BCUT2D eigenvalue weighted by Crippen LogP contribution is 2.29. The first kappa shape index (κ1) is 23.5. The van der Waals surface area contributed by atoms with Crippen molar-refractivity contribution in [1.82, 2.24) is 10.4 Å². The zero-order valence-electron chi connectivity index (χ0n) is 19.4. The minimum atomic E-state index is -0.330. The third-order valence-corrected chi connectivity index (χ3v) is 5.59. The van der Waals surface area contributed by atoms with Crippen molar-refractivity contribution >= 4 is 34.1 Å². The maximum atomic E-state index is 13.2. The van der Waals surface area contributed by atoms with Gasteiger partial charge in [0.15, 0.2) is 0 Å². The van der Waals surface area contributed by atoms with E-state index in [-0.39, 0.29) is 5.91 Å². The Kier molecular flexibility index (Phi) is 7.24. The van der Waals surface area contributed by atoms with Gasteiger partial charge in [-0.2, -0.15) is 5.10 Å². The smallest absolute Gasteiger partial charge is 0.272 e. The molecule has 0 atom stereocenters. The van der Waals surface area contributed by atoms with Crippen LogP contribution in [0.25, 0.3) is 22.2 Å². The number of benzene rings is 3. The van der Waals surface area contributed by atoms with Gasteiger partial charge in [-0.05, 0) is 54.8 Å². The summed E-state index contributed by atoms with van der Waals surface area (Å²) in [5.41, 5.74) is 6.87. The second kappa shape index (κ2) is 10.5. The second-order valence-corrected chi connectivity index (χ2v) is 8.83. The maximum Gasteiger partial charge on any atom is 0.272 e. The van der Waals surface area contributed by atoms with Crippen LogP contribution in [0.1, 0.15) is 36.7 Å². The molecule has 172 valence electrons. The molecule has 0 aliphatic heterocycles. The number of aromatic nitrogens is 1. The first-order chi connectivity index (χ1) is 16.4. The summed E-state index contributed by atoms with van der Waals surface area (Å²) in [5.74, 6) is 0.936. The number of hydrogen-bond donors (Lipinski definition) is 1. The van der Waals surface area contributed by atoms with Crippen LogP contribution in [-0.2, 0) is 0 Å². The number of fused-ring (bicyclic) bond motifs is 1. The number of nitrogens with one attached hydrogen (secondary N) is 1. The van der Waals surface area contributed by atoms with Crippen molar-refractivity contribution in [2.45, 2.75) is 20.8 Å². The van der Waals surface area contributed by atoms with Crippen molar-refractivity contribution in [2.24, 2.45) is 11.0 Å². The highest BCUT2D eigenvalue weighted by atomic mass is 35.5. The SMILES string of the molecule is CC(=NNC(=O)c1cc(-c2ccccc2)nc2c(Cl)cccc12)c1ccc(OCC(C)C)cc1. The summed E-state index contributed by atoms with van der Waals surface area (Å²) in [5, 5.41) is 5.49. The predicted molar refractivity (Wildman–Crippen MR) is 139 cm³/mol. The van der Waals surface area contributed by atoms with Gasteiger partial charge in [-0.3, -0.25) is 4.79 Å². The fraction of sp³-hybridized carbons (Fsp3) is 0.179. The van der Waals surface area contributed by atoms with Gasteiger partial charge in [-0.1, -0.05) is 67.9 Å². The Morgan fingerprint density at radius 2 is 1.76 bits per heavy atom. The summed E-state index contributed by atoms with van der Waals surface area (Å²) < 4.78 is 5.73. The van der Waals surface area contributed by atoms with Gasteiger partial charge < -0.3 is 4.74 Å². The van der Waals surface area contributed by atoms with Crippen molar-refractivity contribution in [3.05, 3.63) is 95.0 Å². The van der Waals surface area contributed by atoms with Crippen LogP contribution in [0.2, 0.25) is 5.02 Å². The topological polar surface area (TPSA) is 63.6 Å². The van der Waals surface area contributed by atoms with Crippen LogP contribution < -0.4 is 10.2 Å². The Bertz CT molecular complexity index is 1330. The zero-order chi connectivity index (χ0) is 24.1. The largest absolute Gasteiger partial charge is 0.493 e. The van der Waals surface area contributed by atoms with Gasteiger partial charge in [0.05, 0.1) is 34.1 Å². The fourth-order valence-electron chi connectivity index (χ4n) is 3.47. The van der Waals surface area contributed by atoms with E-state index in [9.17, 15) is 4.79 Å².